The Morgan fingerprint density at radius 3 is 2.56 bits per heavy atom. The first-order chi connectivity index (χ1) is 8.79. The Morgan fingerprint density at radius 2 is 1.94 bits per heavy atom. The fourth-order valence-electron chi connectivity index (χ4n) is 1.41. The molecule has 0 fully saturated rings. The minimum absolute atomic E-state index is 0.0825. The maximum Gasteiger partial charge on any atom is 0.233 e. The van der Waals surface area contributed by atoms with Gasteiger partial charge in [-0.25, -0.2) is 0 Å². The largest absolute Gasteiger partial charge is 0.473 e. The molecule has 0 amide bonds. The van der Waals surface area contributed by atoms with Gasteiger partial charge in [0.2, 0.25) is 5.88 Å². The lowest BCUT2D eigenvalue weighted by Gasteiger charge is -2.11. The number of aldehydes is 1. The van der Waals surface area contributed by atoms with Gasteiger partial charge in [-0.3, -0.25) is 4.79 Å². The molecule has 0 aliphatic heterocycles. The molecule has 0 spiro atoms. The molecule has 5 heteroatoms. The van der Waals surface area contributed by atoms with E-state index in [1.807, 2.05) is 30.3 Å². The Hall–Kier alpha value is -2.27. The van der Waals surface area contributed by atoms with Crippen molar-refractivity contribution in [3.05, 3.63) is 53.7 Å². The van der Waals surface area contributed by atoms with Crippen LogP contribution >= 0.6 is 0 Å². The molecule has 18 heavy (non-hydrogen) atoms. The third kappa shape index (κ3) is 3.11. The van der Waals surface area contributed by atoms with Crippen molar-refractivity contribution in [1.82, 2.24) is 10.2 Å². The fraction of sp³-hybridized carbons (Fsp3) is 0.154. The Bertz CT molecular complexity index is 499. The summed E-state index contributed by atoms with van der Waals surface area (Å²) in [5, 5.41) is 17.2. The molecule has 0 saturated heterocycles. The Balaban J connectivity index is 1.93. The highest BCUT2D eigenvalue weighted by molar-refractivity contribution is 5.71. The highest BCUT2D eigenvalue weighted by Crippen LogP contribution is 2.13. The number of ether oxygens (including phenoxy) is 1. The summed E-state index contributed by atoms with van der Waals surface area (Å²) in [6.07, 6.45) is -0.117. The van der Waals surface area contributed by atoms with E-state index in [2.05, 4.69) is 10.2 Å². The molecule has 0 bridgehead atoms. The second kappa shape index (κ2) is 5.88. The zero-order valence-electron chi connectivity index (χ0n) is 9.56. The van der Waals surface area contributed by atoms with E-state index in [1.165, 1.54) is 12.1 Å². The molecule has 1 heterocycles. The molecule has 1 N–H and O–H groups in total. The number of hydrogen-bond donors (Lipinski definition) is 1. The molecule has 2 rings (SSSR count). The number of aliphatic hydroxyl groups is 1. The second-order valence-corrected chi connectivity index (χ2v) is 3.65. The first kappa shape index (κ1) is 12.2. The van der Waals surface area contributed by atoms with Crippen LogP contribution in [0.15, 0.2) is 42.5 Å². The summed E-state index contributed by atoms with van der Waals surface area (Å²) in [5.74, 6) is 0.274. The van der Waals surface area contributed by atoms with Crippen LogP contribution in [0.3, 0.4) is 0 Å². The summed E-state index contributed by atoms with van der Waals surface area (Å²) in [5.41, 5.74) is 1.01. The number of nitrogens with zero attached hydrogens (tertiary/aromatic N) is 2. The number of carbonyl (C=O) groups excluding carboxylic acids is 1. The molecule has 1 atom stereocenters. The van der Waals surface area contributed by atoms with Crippen LogP contribution in [0.4, 0.5) is 0 Å². The summed E-state index contributed by atoms with van der Waals surface area (Å²) in [6, 6.07) is 12.2. The predicted octanol–water partition coefficient (Wildman–Crippen LogP) is 1.40. The third-order valence-corrected chi connectivity index (χ3v) is 2.35. The van der Waals surface area contributed by atoms with Crippen molar-refractivity contribution in [3.63, 3.8) is 0 Å². The van der Waals surface area contributed by atoms with E-state index in [0.717, 1.165) is 5.56 Å². The van der Waals surface area contributed by atoms with Crippen LogP contribution < -0.4 is 4.74 Å². The van der Waals surface area contributed by atoms with Crippen LogP contribution in [0.2, 0.25) is 0 Å². The zero-order valence-corrected chi connectivity index (χ0v) is 9.56. The van der Waals surface area contributed by atoms with Crippen LogP contribution in [0, 0.1) is 0 Å². The van der Waals surface area contributed by atoms with Crippen LogP contribution in [0.5, 0.6) is 5.88 Å². The Morgan fingerprint density at radius 1 is 1.17 bits per heavy atom. The lowest BCUT2D eigenvalue weighted by atomic mass is 10.1. The smallest absolute Gasteiger partial charge is 0.233 e. The van der Waals surface area contributed by atoms with Gasteiger partial charge in [0.05, 0.1) is 0 Å². The molecule has 1 aromatic heterocycles. The topological polar surface area (TPSA) is 72.3 Å². The lowest BCUT2D eigenvalue weighted by Crippen LogP contribution is -2.10. The highest BCUT2D eigenvalue weighted by Gasteiger charge is 2.08. The van der Waals surface area contributed by atoms with Crippen molar-refractivity contribution in [2.24, 2.45) is 0 Å². The van der Waals surface area contributed by atoms with E-state index in [4.69, 9.17) is 4.74 Å². The van der Waals surface area contributed by atoms with Gasteiger partial charge in [0, 0.05) is 6.07 Å². The van der Waals surface area contributed by atoms with Crippen molar-refractivity contribution in [1.29, 1.82) is 0 Å². The summed E-state index contributed by atoms with van der Waals surface area (Å²) in [6.45, 7) is 0.0825. The first-order valence-electron chi connectivity index (χ1n) is 5.44. The SMILES string of the molecule is O=Cc1ccc(OCC(O)c2ccccc2)nn1. The average Bonchev–Trinajstić information content (AvgIpc) is 2.46. The molecule has 92 valence electrons. The number of aromatic nitrogens is 2. The molecule has 0 saturated carbocycles. The van der Waals surface area contributed by atoms with Crippen molar-refractivity contribution in [2.75, 3.05) is 6.61 Å². The lowest BCUT2D eigenvalue weighted by molar-refractivity contribution is 0.104. The molecule has 1 unspecified atom stereocenters. The second-order valence-electron chi connectivity index (χ2n) is 3.65. The number of hydrogen-bond acceptors (Lipinski definition) is 5. The molecule has 0 radical (unpaired) electrons. The summed E-state index contributed by atoms with van der Waals surface area (Å²) in [7, 11) is 0. The number of benzene rings is 1. The molecule has 5 nitrogen and oxygen atoms in total. The Labute approximate surface area is 104 Å². The van der Waals surface area contributed by atoms with Gasteiger partial charge in [-0.2, -0.15) is 0 Å². The van der Waals surface area contributed by atoms with E-state index >= 15 is 0 Å². The van der Waals surface area contributed by atoms with E-state index in [0.29, 0.717) is 6.29 Å². The normalized spacial score (nSPS) is 11.8. The van der Waals surface area contributed by atoms with E-state index in [-0.39, 0.29) is 18.2 Å². The maximum absolute atomic E-state index is 10.4. The first-order valence-corrected chi connectivity index (χ1v) is 5.44. The van der Waals surface area contributed by atoms with Gasteiger partial charge < -0.3 is 9.84 Å². The third-order valence-electron chi connectivity index (χ3n) is 2.35. The van der Waals surface area contributed by atoms with Crippen molar-refractivity contribution >= 4 is 6.29 Å². The van der Waals surface area contributed by atoms with Gasteiger partial charge >= 0.3 is 0 Å². The van der Waals surface area contributed by atoms with Crippen LogP contribution in [0.25, 0.3) is 0 Å². The average molecular weight is 244 g/mol. The number of carbonyl (C=O) groups is 1. The standard InChI is InChI=1S/C13H12N2O3/c16-8-11-6-7-13(15-14-11)18-9-12(17)10-4-2-1-3-5-10/h1-8,12,17H,9H2. The number of aliphatic hydroxyl groups excluding tert-OH is 1. The number of rotatable bonds is 5. The monoisotopic (exact) mass is 244 g/mol. The van der Waals surface area contributed by atoms with Crippen LogP contribution in [0.1, 0.15) is 22.2 Å². The van der Waals surface area contributed by atoms with Crippen molar-refractivity contribution < 1.29 is 14.6 Å². The van der Waals surface area contributed by atoms with Crippen LogP contribution in [-0.2, 0) is 0 Å². The van der Waals surface area contributed by atoms with Gasteiger partial charge in [0.25, 0.3) is 0 Å². The predicted molar refractivity (Wildman–Crippen MR) is 64.3 cm³/mol. The van der Waals surface area contributed by atoms with Gasteiger partial charge in [0.1, 0.15) is 18.4 Å². The quantitative estimate of drug-likeness (QED) is 0.805. The van der Waals surface area contributed by atoms with E-state index in [9.17, 15) is 9.90 Å². The van der Waals surface area contributed by atoms with Crippen LogP contribution in [-0.4, -0.2) is 28.2 Å². The molecule has 2 aromatic rings. The van der Waals surface area contributed by atoms with Crippen molar-refractivity contribution in [2.45, 2.75) is 6.10 Å². The minimum Gasteiger partial charge on any atom is -0.473 e. The van der Waals surface area contributed by atoms with E-state index in [1.54, 1.807) is 0 Å². The molecule has 1 aromatic carbocycles. The molecular formula is C13H12N2O3. The molecular weight excluding hydrogens is 232 g/mol. The van der Waals surface area contributed by atoms with Gasteiger partial charge in [-0.05, 0) is 11.6 Å². The summed E-state index contributed by atoms with van der Waals surface area (Å²) < 4.78 is 5.28. The summed E-state index contributed by atoms with van der Waals surface area (Å²) >= 11 is 0. The van der Waals surface area contributed by atoms with Gasteiger partial charge in [0.15, 0.2) is 6.29 Å². The zero-order chi connectivity index (χ0) is 12.8. The summed E-state index contributed by atoms with van der Waals surface area (Å²) in [4.78, 5) is 10.4. The highest BCUT2D eigenvalue weighted by atomic mass is 16.5. The molecule has 0 aliphatic rings. The molecule has 0 aliphatic carbocycles. The fourth-order valence-corrected chi connectivity index (χ4v) is 1.41. The Kier molecular flexibility index (Phi) is 3.98. The van der Waals surface area contributed by atoms with E-state index < -0.39 is 6.10 Å². The van der Waals surface area contributed by atoms with Gasteiger partial charge in [-0.15, -0.1) is 10.2 Å². The van der Waals surface area contributed by atoms with Crippen molar-refractivity contribution in [3.8, 4) is 5.88 Å². The van der Waals surface area contributed by atoms with Gasteiger partial charge in [-0.1, -0.05) is 30.3 Å². The maximum atomic E-state index is 10.4. The minimum atomic E-state index is -0.723.